The summed E-state index contributed by atoms with van der Waals surface area (Å²) >= 11 is 0. The van der Waals surface area contributed by atoms with Crippen LogP contribution in [-0.4, -0.2) is 19.5 Å². The monoisotopic (exact) mass is 814 g/mol. The number of imidazole rings is 1. The van der Waals surface area contributed by atoms with Gasteiger partial charge >= 0.3 is 0 Å². The lowest BCUT2D eigenvalue weighted by Gasteiger charge is -2.31. The standard InChI is InChI=1S/C60H38N4/c1-4-17-39(18-5-1)55-38-56(40-19-6-2-7-20-40)62-58(61-55)43-32-34-49-47-26-11-13-28-51(47)60(53(49)37-43)50-27-12-10-25-46(50)48-33-31-42(36-52(48)60)41-21-16-22-44(35-41)59-63-54-29-14-15-30-57(54)64(59)45-23-8-3-9-24-45/h1-38H. The van der Waals surface area contributed by atoms with E-state index in [0.29, 0.717) is 5.82 Å². The average Bonchev–Trinajstić information content (AvgIpc) is 4.01. The van der Waals surface area contributed by atoms with Crippen LogP contribution in [0.4, 0.5) is 0 Å². The molecule has 0 saturated heterocycles. The topological polar surface area (TPSA) is 43.6 Å². The van der Waals surface area contributed by atoms with Gasteiger partial charge in [-0.3, -0.25) is 4.57 Å². The maximum atomic E-state index is 5.29. The fourth-order valence-corrected chi connectivity index (χ4v) is 10.4. The number of benzene rings is 9. The highest BCUT2D eigenvalue weighted by Gasteiger charge is 2.51. The highest BCUT2D eigenvalue weighted by Crippen LogP contribution is 2.63. The van der Waals surface area contributed by atoms with Crippen LogP contribution in [0.25, 0.3) is 95.4 Å². The third-order valence-corrected chi connectivity index (χ3v) is 13.2. The number of hydrogen-bond donors (Lipinski definition) is 0. The lowest BCUT2D eigenvalue weighted by molar-refractivity contribution is 0.794. The SMILES string of the molecule is c1ccc(-c2cc(-c3ccccc3)nc(-c3ccc4c(c3)C3(c5ccccc5-c5ccc(-c6cccc(-c7nc8ccccc8n7-c7ccccc7)c6)cc53)c3ccccc3-4)n2)cc1. The molecule has 1 spiro atoms. The summed E-state index contributed by atoms with van der Waals surface area (Å²) in [6, 6.07) is 82.7. The van der Waals surface area contributed by atoms with Gasteiger partial charge in [0.25, 0.3) is 0 Å². The van der Waals surface area contributed by atoms with Crippen molar-refractivity contribution in [1.29, 1.82) is 0 Å². The third-order valence-electron chi connectivity index (χ3n) is 13.2. The summed E-state index contributed by atoms with van der Waals surface area (Å²) in [6.07, 6.45) is 0. The fraction of sp³-hybridized carbons (Fsp3) is 0.0167. The van der Waals surface area contributed by atoms with Crippen molar-refractivity contribution in [2.75, 3.05) is 0 Å². The smallest absolute Gasteiger partial charge is 0.160 e. The molecule has 64 heavy (non-hydrogen) atoms. The zero-order valence-corrected chi connectivity index (χ0v) is 34.7. The van der Waals surface area contributed by atoms with Crippen molar-refractivity contribution in [3.8, 4) is 84.4 Å². The minimum atomic E-state index is -0.567. The Morgan fingerprint density at radius 3 is 1.45 bits per heavy atom. The highest BCUT2D eigenvalue weighted by molar-refractivity contribution is 5.97. The Morgan fingerprint density at radius 1 is 0.312 bits per heavy atom. The summed E-state index contributed by atoms with van der Waals surface area (Å²) in [5.41, 5.74) is 20.9. The van der Waals surface area contributed by atoms with Crippen LogP contribution in [0.5, 0.6) is 0 Å². The molecule has 0 radical (unpaired) electrons. The van der Waals surface area contributed by atoms with E-state index in [-0.39, 0.29) is 0 Å². The van der Waals surface area contributed by atoms with Gasteiger partial charge in [0.1, 0.15) is 5.82 Å². The van der Waals surface area contributed by atoms with Gasteiger partial charge in [-0.2, -0.15) is 0 Å². The van der Waals surface area contributed by atoms with E-state index in [4.69, 9.17) is 15.0 Å². The van der Waals surface area contributed by atoms with Gasteiger partial charge in [0.2, 0.25) is 0 Å². The Balaban J connectivity index is 1.01. The minimum absolute atomic E-state index is 0.567. The van der Waals surface area contributed by atoms with Crippen molar-refractivity contribution in [3.05, 3.63) is 253 Å². The predicted molar refractivity (Wildman–Crippen MR) is 260 cm³/mol. The van der Waals surface area contributed by atoms with E-state index in [1.165, 1.54) is 44.5 Å². The molecule has 2 heterocycles. The molecular weight excluding hydrogens is 777 g/mol. The molecule has 0 amide bonds. The second kappa shape index (κ2) is 14.3. The Labute approximate surface area is 371 Å². The zero-order chi connectivity index (χ0) is 42.2. The van der Waals surface area contributed by atoms with Crippen molar-refractivity contribution in [1.82, 2.24) is 19.5 Å². The summed E-state index contributed by atoms with van der Waals surface area (Å²) < 4.78 is 2.27. The molecule has 2 aliphatic carbocycles. The van der Waals surface area contributed by atoms with E-state index in [1.54, 1.807) is 0 Å². The number of nitrogens with zero attached hydrogens (tertiary/aromatic N) is 4. The van der Waals surface area contributed by atoms with Gasteiger partial charge in [-0.15, -0.1) is 0 Å². The molecule has 9 aromatic carbocycles. The molecule has 2 aromatic heterocycles. The molecule has 0 bridgehead atoms. The van der Waals surface area contributed by atoms with Crippen LogP contribution in [-0.2, 0) is 5.41 Å². The molecule has 298 valence electrons. The van der Waals surface area contributed by atoms with Gasteiger partial charge in [-0.1, -0.05) is 182 Å². The molecule has 0 saturated carbocycles. The lowest BCUT2D eigenvalue weighted by atomic mass is 9.70. The van der Waals surface area contributed by atoms with E-state index < -0.39 is 5.41 Å². The lowest BCUT2D eigenvalue weighted by Crippen LogP contribution is -2.26. The second-order valence-electron chi connectivity index (χ2n) is 16.7. The number of rotatable bonds is 6. The maximum absolute atomic E-state index is 5.29. The van der Waals surface area contributed by atoms with Gasteiger partial charge in [0.15, 0.2) is 5.82 Å². The number of hydrogen-bond acceptors (Lipinski definition) is 3. The van der Waals surface area contributed by atoms with Crippen molar-refractivity contribution in [2.45, 2.75) is 5.41 Å². The molecular formula is C60H38N4. The second-order valence-corrected chi connectivity index (χ2v) is 16.7. The van der Waals surface area contributed by atoms with Crippen LogP contribution in [0, 0.1) is 0 Å². The van der Waals surface area contributed by atoms with Crippen LogP contribution in [0.15, 0.2) is 231 Å². The fourth-order valence-electron chi connectivity index (χ4n) is 10.4. The van der Waals surface area contributed by atoms with Crippen LogP contribution in [0.3, 0.4) is 0 Å². The van der Waals surface area contributed by atoms with Gasteiger partial charge in [0, 0.05) is 27.9 Å². The van der Waals surface area contributed by atoms with Gasteiger partial charge in [0.05, 0.1) is 27.8 Å². The molecule has 1 unspecified atom stereocenters. The molecule has 4 nitrogen and oxygen atoms in total. The average molecular weight is 815 g/mol. The van der Waals surface area contributed by atoms with Crippen molar-refractivity contribution < 1.29 is 0 Å². The molecule has 1 atom stereocenters. The van der Waals surface area contributed by atoms with Gasteiger partial charge in [-0.05, 0) is 104 Å². The van der Waals surface area contributed by atoms with Crippen molar-refractivity contribution in [2.24, 2.45) is 0 Å². The molecule has 4 heteroatoms. The van der Waals surface area contributed by atoms with E-state index in [0.717, 1.165) is 67.3 Å². The minimum Gasteiger partial charge on any atom is -0.292 e. The van der Waals surface area contributed by atoms with Crippen LogP contribution in [0.1, 0.15) is 22.3 Å². The van der Waals surface area contributed by atoms with E-state index >= 15 is 0 Å². The Bertz CT molecular complexity index is 3540. The first kappa shape index (κ1) is 36.2. The van der Waals surface area contributed by atoms with Gasteiger partial charge in [-0.25, -0.2) is 15.0 Å². The summed E-state index contributed by atoms with van der Waals surface area (Å²) in [6.45, 7) is 0. The molecule has 2 aliphatic rings. The van der Waals surface area contributed by atoms with Gasteiger partial charge < -0.3 is 0 Å². The first-order valence-corrected chi connectivity index (χ1v) is 21.9. The van der Waals surface area contributed by atoms with E-state index in [2.05, 4.69) is 223 Å². The van der Waals surface area contributed by atoms with Crippen molar-refractivity contribution >= 4 is 11.0 Å². The number of aromatic nitrogens is 4. The molecule has 0 aliphatic heterocycles. The summed E-state index contributed by atoms with van der Waals surface area (Å²) in [7, 11) is 0. The first-order chi connectivity index (χ1) is 31.7. The maximum Gasteiger partial charge on any atom is 0.160 e. The van der Waals surface area contributed by atoms with Crippen LogP contribution >= 0.6 is 0 Å². The molecule has 13 rings (SSSR count). The summed E-state index contributed by atoms with van der Waals surface area (Å²) in [5.74, 6) is 1.62. The Hall–Kier alpha value is -8.47. The normalized spacial score (nSPS) is 14.3. The van der Waals surface area contributed by atoms with Crippen LogP contribution < -0.4 is 0 Å². The number of fused-ring (bicyclic) bond motifs is 11. The Morgan fingerprint density at radius 2 is 0.797 bits per heavy atom. The first-order valence-electron chi connectivity index (χ1n) is 21.9. The number of para-hydroxylation sites is 3. The zero-order valence-electron chi connectivity index (χ0n) is 34.7. The Kier molecular flexibility index (Phi) is 8.09. The molecule has 0 N–H and O–H groups in total. The third kappa shape index (κ3) is 5.46. The summed E-state index contributed by atoms with van der Waals surface area (Å²) in [4.78, 5) is 15.8. The molecule has 11 aromatic rings. The quantitative estimate of drug-likeness (QED) is 0.168. The molecule has 0 fully saturated rings. The predicted octanol–water partition coefficient (Wildman–Crippen LogP) is 14.5. The largest absolute Gasteiger partial charge is 0.292 e. The highest BCUT2D eigenvalue weighted by atomic mass is 15.1. The van der Waals surface area contributed by atoms with Crippen molar-refractivity contribution in [3.63, 3.8) is 0 Å². The van der Waals surface area contributed by atoms with E-state index in [9.17, 15) is 0 Å². The van der Waals surface area contributed by atoms with Crippen LogP contribution in [0.2, 0.25) is 0 Å². The summed E-state index contributed by atoms with van der Waals surface area (Å²) in [5, 5.41) is 0. The van der Waals surface area contributed by atoms with E-state index in [1.807, 2.05) is 12.1 Å².